The van der Waals surface area contributed by atoms with Gasteiger partial charge < -0.3 is 19.1 Å². The normalized spacial score (nSPS) is 13.7. The van der Waals surface area contributed by atoms with Crippen molar-refractivity contribution in [2.45, 2.75) is 97.8 Å². The maximum atomic E-state index is 6.57. The van der Waals surface area contributed by atoms with E-state index in [0.717, 1.165) is 33.6 Å². The van der Waals surface area contributed by atoms with Crippen molar-refractivity contribution in [3.8, 4) is 17.3 Å². The van der Waals surface area contributed by atoms with E-state index in [1.165, 1.54) is 33.2 Å². The largest absolute Gasteiger partial charge is 0.509 e. The number of rotatable bonds is 7. The van der Waals surface area contributed by atoms with Crippen LogP contribution < -0.4 is 14.5 Å². The van der Waals surface area contributed by atoms with Gasteiger partial charge in [0.25, 0.3) is 0 Å². The average molecular weight is 959 g/mol. The van der Waals surface area contributed by atoms with Crippen LogP contribution in [-0.4, -0.2) is 9.55 Å². The zero-order valence-corrected chi connectivity index (χ0v) is 38.5. The molecule has 6 heteroatoms. The monoisotopic (exact) mass is 958 g/mol. The van der Waals surface area contributed by atoms with Crippen molar-refractivity contribution >= 4 is 33.2 Å². The molecule has 0 fully saturated rings. The predicted octanol–water partition coefficient (Wildman–Crippen LogP) is 13.7. The van der Waals surface area contributed by atoms with E-state index in [1.807, 2.05) is 24.4 Å². The number of nitrogens with zero attached hydrogens (tertiary/aromatic N) is 4. The summed E-state index contributed by atoms with van der Waals surface area (Å²) in [4.78, 5) is 9.17. The van der Waals surface area contributed by atoms with Gasteiger partial charge in [-0.2, -0.15) is 12.1 Å². The molecule has 0 unspecified atom stereocenters. The summed E-state index contributed by atoms with van der Waals surface area (Å²) in [5.74, 6) is 2.09. The second kappa shape index (κ2) is 15.5. The number of hydrogen-bond acceptors (Lipinski definition) is 4. The number of anilines is 2. The number of ether oxygens (including phenoxy) is 1. The van der Waals surface area contributed by atoms with Crippen LogP contribution in [0.25, 0.3) is 27.6 Å². The first-order valence-electron chi connectivity index (χ1n) is 20.4. The van der Waals surface area contributed by atoms with Gasteiger partial charge in [-0.15, -0.1) is 48.1 Å². The minimum Gasteiger partial charge on any atom is -0.509 e. The molecule has 8 rings (SSSR count). The van der Waals surface area contributed by atoms with E-state index < -0.39 is 0 Å². The molecule has 0 radical (unpaired) electrons. The summed E-state index contributed by atoms with van der Waals surface area (Å²) < 4.78 is 8.79. The molecule has 1 aliphatic heterocycles. The number of fused-ring (bicyclic) bond motifs is 3. The molecule has 0 bridgehead atoms. The Morgan fingerprint density at radius 3 is 1.92 bits per heavy atom. The van der Waals surface area contributed by atoms with Crippen LogP contribution in [0.3, 0.4) is 0 Å². The van der Waals surface area contributed by atoms with Crippen LogP contribution in [-0.2, 0) is 42.7 Å². The fourth-order valence-electron chi connectivity index (χ4n) is 7.69. The molecule has 0 atom stereocenters. The molecule has 59 heavy (non-hydrogen) atoms. The molecular weight excluding hydrogens is 904 g/mol. The van der Waals surface area contributed by atoms with Gasteiger partial charge in [0.05, 0.1) is 0 Å². The topological polar surface area (TPSA) is 33.5 Å². The predicted molar refractivity (Wildman–Crippen MR) is 242 cm³/mol. The number of aromatic nitrogens is 2. The van der Waals surface area contributed by atoms with Crippen LogP contribution in [0.2, 0.25) is 0 Å². The smallest absolute Gasteiger partial charge is 0.135 e. The van der Waals surface area contributed by atoms with Gasteiger partial charge in [0.2, 0.25) is 0 Å². The summed E-state index contributed by atoms with van der Waals surface area (Å²) in [6.07, 6.45) is 6.09. The summed E-state index contributed by atoms with van der Waals surface area (Å²) in [5, 5.41) is 2.28. The quantitative estimate of drug-likeness (QED) is 0.149. The minimum absolute atomic E-state index is 0. The van der Waals surface area contributed by atoms with Crippen LogP contribution in [0.15, 0.2) is 128 Å². The molecule has 0 aliphatic carbocycles. The van der Waals surface area contributed by atoms with Gasteiger partial charge >= 0.3 is 0 Å². The van der Waals surface area contributed by atoms with Crippen molar-refractivity contribution in [1.82, 2.24) is 9.55 Å². The second-order valence-corrected chi connectivity index (χ2v) is 19.3. The van der Waals surface area contributed by atoms with Gasteiger partial charge in [-0.25, -0.2) is 4.98 Å². The van der Waals surface area contributed by atoms with Crippen molar-refractivity contribution in [2.24, 2.45) is 0 Å². The van der Waals surface area contributed by atoms with Crippen LogP contribution in [0.4, 0.5) is 11.4 Å². The first-order valence-corrected chi connectivity index (χ1v) is 20.4. The molecule has 5 aromatic carbocycles. The fraction of sp³-hybridized carbons (Fsp3) is 0.283. The number of benzene rings is 5. The van der Waals surface area contributed by atoms with Crippen molar-refractivity contribution in [3.05, 3.63) is 174 Å². The Labute approximate surface area is 366 Å². The Kier molecular flexibility index (Phi) is 11.0. The number of pyridine rings is 1. The van der Waals surface area contributed by atoms with Gasteiger partial charge in [0.15, 0.2) is 0 Å². The van der Waals surface area contributed by atoms with E-state index in [4.69, 9.17) is 9.72 Å². The van der Waals surface area contributed by atoms with Crippen LogP contribution >= 0.6 is 0 Å². The molecule has 0 spiro atoms. The van der Waals surface area contributed by atoms with E-state index in [0.29, 0.717) is 11.5 Å². The third-order valence-corrected chi connectivity index (χ3v) is 11.5. The average Bonchev–Trinajstić information content (AvgIpc) is 3.81. The van der Waals surface area contributed by atoms with E-state index >= 15 is 0 Å². The Balaban J connectivity index is 0.00000528. The van der Waals surface area contributed by atoms with Gasteiger partial charge in [0.1, 0.15) is 5.82 Å². The van der Waals surface area contributed by atoms with Gasteiger partial charge in [-0.3, -0.25) is 0 Å². The van der Waals surface area contributed by atoms with Gasteiger partial charge in [-0.05, 0) is 92.2 Å². The van der Waals surface area contributed by atoms with E-state index in [-0.39, 0.29) is 42.7 Å². The maximum Gasteiger partial charge on any atom is 0.135 e. The molecule has 306 valence electrons. The van der Waals surface area contributed by atoms with Gasteiger partial charge in [0, 0.05) is 55.4 Å². The van der Waals surface area contributed by atoms with E-state index in [2.05, 4.69) is 213 Å². The molecule has 1 aliphatic rings. The Bertz CT molecular complexity index is 2670. The molecule has 7 aromatic rings. The Morgan fingerprint density at radius 2 is 1.20 bits per heavy atom. The molecule has 0 amide bonds. The summed E-state index contributed by atoms with van der Waals surface area (Å²) in [5.41, 5.74) is 10.2. The summed E-state index contributed by atoms with van der Waals surface area (Å²) in [6.45, 7) is 27.0. The molecule has 5 nitrogen and oxygen atoms in total. The second-order valence-electron chi connectivity index (χ2n) is 19.3. The maximum absolute atomic E-state index is 6.57. The zero-order valence-electron chi connectivity index (χ0n) is 36.2. The van der Waals surface area contributed by atoms with Crippen molar-refractivity contribution < 1.29 is 25.8 Å². The number of hydrogen-bond donors (Lipinski definition) is 0. The molecule has 3 heterocycles. The summed E-state index contributed by atoms with van der Waals surface area (Å²) in [7, 11) is 0. The van der Waals surface area contributed by atoms with Crippen LogP contribution in [0.5, 0.6) is 11.5 Å². The van der Waals surface area contributed by atoms with Crippen molar-refractivity contribution in [1.29, 1.82) is 0 Å². The first-order chi connectivity index (χ1) is 27.4. The third-order valence-electron chi connectivity index (χ3n) is 11.5. The first kappa shape index (κ1) is 42.0. The SMILES string of the molecule is CC(C)(C)c1cc(N2C=CN(c3[c-]c(Oc4[c-]c5c(cc4)c4cc(C(C)(C)C)ccc4n5-c4cc(C(C)(C)C)ccn4)ccc3)[CH-]2)cc(C(C)(C)c2ccccc2)c1.[Pt]. The Hall–Kier alpha value is -5.12. The van der Waals surface area contributed by atoms with Crippen LogP contribution in [0.1, 0.15) is 104 Å². The Morgan fingerprint density at radius 1 is 0.542 bits per heavy atom. The van der Waals surface area contributed by atoms with E-state index in [9.17, 15) is 0 Å². The van der Waals surface area contributed by atoms with Crippen LogP contribution in [0, 0.1) is 18.8 Å². The molecular formula is C53H55N4OPt-3. The molecule has 0 saturated carbocycles. The molecule has 0 saturated heterocycles. The van der Waals surface area contributed by atoms with Gasteiger partial charge in [-0.1, -0.05) is 130 Å². The molecule has 2 aromatic heterocycles. The summed E-state index contributed by atoms with van der Waals surface area (Å²) in [6, 6.07) is 46.2. The zero-order chi connectivity index (χ0) is 41.2. The third kappa shape index (κ3) is 8.37. The summed E-state index contributed by atoms with van der Waals surface area (Å²) >= 11 is 0. The van der Waals surface area contributed by atoms with E-state index in [1.54, 1.807) is 0 Å². The standard InChI is InChI=1S/C53H55N4O.Pt/c1-50(2,3)37-20-23-47-46(31-37)45-22-21-44(34-48(45)57(47)49-32-38(24-25-54-49)51(4,5)6)58-43-19-15-18-41(33-43)55-26-27-56(35-55)42-29-39(52(7,8)9)28-40(30-42)53(10,11)36-16-13-12-14-17-36;/h12-32,35H,1-11H3;/q-3;. The minimum atomic E-state index is -0.170. The van der Waals surface area contributed by atoms with Crippen molar-refractivity contribution in [3.63, 3.8) is 0 Å². The fourth-order valence-corrected chi connectivity index (χ4v) is 7.69. The van der Waals surface area contributed by atoms with Crippen molar-refractivity contribution in [2.75, 3.05) is 9.80 Å². The molecule has 0 N–H and O–H groups in total.